The van der Waals surface area contributed by atoms with Gasteiger partial charge in [0.1, 0.15) is 5.75 Å². The van der Waals surface area contributed by atoms with Crippen LogP contribution >= 0.6 is 12.4 Å². The van der Waals surface area contributed by atoms with Crippen molar-refractivity contribution in [2.24, 2.45) is 11.1 Å². The molecule has 0 aliphatic heterocycles. The molecule has 0 spiro atoms. The van der Waals surface area contributed by atoms with Crippen molar-refractivity contribution >= 4 is 18.3 Å². The molecule has 0 saturated carbocycles. The molecule has 0 aliphatic carbocycles. The highest BCUT2D eigenvalue weighted by Crippen LogP contribution is 2.28. The highest BCUT2D eigenvalue weighted by atomic mass is 35.5. The lowest BCUT2D eigenvalue weighted by Gasteiger charge is -2.30. The third-order valence-electron chi connectivity index (χ3n) is 4.19. The molecular formula is C16H24ClF3N2O2. The Morgan fingerprint density at radius 1 is 1.21 bits per heavy atom. The number of carbonyl (C=O) groups is 1. The van der Waals surface area contributed by atoms with E-state index in [0.29, 0.717) is 18.4 Å². The average molecular weight is 369 g/mol. The molecule has 0 saturated heterocycles. The molecule has 3 N–H and O–H groups in total. The van der Waals surface area contributed by atoms with E-state index in [-0.39, 0.29) is 36.7 Å². The minimum absolute atomic E-state index is 0. The van der Waals surface area contributed by atoms with Crippen LogP contribution in [0.4, 0.5) is 13.2 Å². The fraction of sp³-hybridized carbons (Fsp3) is 0.562. The molecular weight excluding hydrogens is 345 g/mol. The molecule has 0 aromatic heterocycles. The Morgan fingerprint density at radius 2 is 1.71 bits per heavy atom. The van der Waals surface area contributed by atoms with Crippen LogP contribution in [0.5, 0.6) is 5.75 Å². The number of amides is 1. The molecule has 0 fully saturated rings. The maximum atomic E-state index is 12.4. The van der Waals surface area contributed by atoms with Crippen molar-refractivity contribution in [2.45, 2.75) is 46.0 Å². The zero-order valence-corrected chi connectivity index (χ0v) is 14.8. The van der Waals surface area contributed by atoms with E-state index < -0.39 is 11.8 Å². The van der Waals surface area contributed by atoms with E-state index in [1.807, 2.05) is 13.8 Å². The highest BCUT2D eigenvalue weighted by Gasteiger charge is 2.34. The lowest BCUT2D eigenvalue weighted by atomic mass is 9.81. The van der Waals surface area contributed by atoms with Crippen molar-refractivity contribution in [3.63, 3.8) is 0 Å². The third-order valence-corrected chi connectivity index (χ3v) is 4.19. The summed E-state index contributed by atoms with van der Waals surface area (Å²) in [6.07, 6.45) is -3.47. The molecule has 1 aromatic carbocycles. The quantitative estimate of drug-likeness (QED) is 0.766. The van der Waals surface area contributed by atoms with Crippen LogP contribution in [-0.4, -0.2) is 18.8 Å². The summed E-state index contributed by atoms with van der Waals surface area (Å²) in [7, 11) is 0. The number of nitrogens with one attached hydrogen (secondary N) is 1. The molecule has 1 rings (SSSR count). The summed E-state index contributed by atoms with van der Waals surface area (Å²) in [5, 5.41) is 2.88. The Kier molecular flexibility index (Phi) is 8.57. The lowest BCUT2D eigenvalue weighted by molar-refractivity contribution is -0.274. The Labute approximate surface area is 146 Å². The van der Waals surface area contributed by atoms with E-state index in [1.165, 1.54) is 24.3 Å². The third kappa shape index (κ3) is 5.87. The van der Waals surface area contributed by atoms with E-state index in [0.717, 1.165) is 0 Å². The molecule has 1 amide bonds. The molecule has 138 valence electrons. The first-order valence-electron chi connectivity index (χ1n) is 7.54. The second-order valence-corrected chi connectivity index (χ2v) is 5.50. The van der Waals surface area contributed by atoms with Gasteiger partial charge in [0.05, 0.1) is 11.5 Å². The number of halogens is 4. The molecule has 8 heteroatoms. The monoisotopic (exact) mass is 368 g/mol. The molecule has 1 unspecified atom stereocenters. The van der Waals surface area contributed by atoms with Crippen LogP contribution in [0.1, 0.15) is 45.2 Å². The number of rotatable bonds is 7. The molecule has 4 nitrogen and oxygen atoms in total. The lowest BCUT2D eigenvalue weighted by Crippen LogP contribution is -2.46. The van der Waals surface area contributed by atoms with Gasteiger partial charge in [0.15, 0.2) is 0 Å². The standard InChI is InChI=1S/C16H23F3N2O2.ClH/c1-4-15(5-2,10-20)14(22)21-11(3)12-6-8-13(9-7-12)23-16(17,18)19;/h6-9,11H,4-5,10,20H2,1-3H3,(H,21,22);1H. The van der Waals surface area contributed by atoms with Gasteiger partial charge in [-0.2, -0.15) is 0 Å². The second-order valence-electron chi connectivity index (χ2n) is 5.50. The van der Waals surface area contributed by atoms with Crippen LogP contribution in [0.15, 0.2) is 24.3 Å². The maximum absolute atomic E-state index is 12.4. The zero-order chi connectivity index (χ0) is 17.7. The first kappa shape index (κ1) is 22.5. The summed E-state index contributed by atoms with van der Waals surface area (Å²) < 4.78 is 40.2. The fourth-order valence-electron chi connectivity index (χ4n) is 2.34. The van der Waals surface area contributed by atoms with Gasteiger partial charge in [-0.15, -0.1) is 25.6 Å². The normalized spacial score (nSPS) is 13.0. The highest BCUT2D eigenvalue weighted by molar-refractivity contribution is 5.85. The largest absolute Gasteiger partial charge is 0.573 e. The van der Waals surface area contributed by atoms with Crippen LogP contribution in [-0.2, 0) is 4.79 Å². The molecule has 0 heterocycles. The summed E-state index contributed by atoms with van der Waals surface area (Å²) >= 11 is 0. The number of alkyl halides is 3. The van der Waals surface area contributed by atoms with Crippen LogP contribution in [0.3, 0.4) is 0 Å². The van der Waals surface area contributed by atoms with Gasteiger partial charge in [-0.1, -0.05) is 26.0 Å². The van der Waals surface area contributed by atoms with Gasteiger partial charge in [-0.05, 0) is 37.5 Å². The van der Waals surface area contributed by atoms with E-state index in [4.69, 9.17) is 5.73 Å². The number of carbonyl (C=O) groups excluding carboxylic acids is 1. The van der Waals surface area contributed by atoms with E-state index in [1.54, 1.807) is 6.92 Å². The van der Waals surface area contributed by atoms with Gasteiger partial charge in [0.2, 0.25) is 5.91 Å². The van der Waals surface area contributed by atoms with Crippen molar-refractivity contribution in [3.8, 4) is 5.75 Å². The molecule has 0 radical (unpaired) electrons. The SMILES string of the molecule is CCC(CC)(CN)C(=O)NC(C)c1ccc(OC(F)(F)F)cc1.Cl. The van der Waals surface area contributed by atoms with Crippen LogP contribution < -0.4 is 15.8 Å². The average Bonchev–Trinajstić information content (AvgIpc) is 2.48. The Balaban J connectivity index is 0.00000529. The summed E-state index contributed by atoms with van der Waals surface area (Å²) in [6.45, 7) is 5.83. The first-order valence-corrected chi connectivity index (χ1v) is 7.54. The van der Waals surface area contributed by atoms with Gasteiger partial charge in [-0.3, -0.25) is 4.79 Å². The second kappa shape index (κ2) is 9.13. The van der Waals surface area contributed by atoms with E-state index in [2.05, 4.69) is 10.1 Å². The Morgan fingerprint density at radius 3 is 2.08 bits per heavy atom. The summed E-state index contributed by atoms with van der Waals surface area (Å²) in [6, 6.07) is 5.09. The zero-order valence-electron chi connectivity index (χ0n) is 13.9. The minimum Gasteiger partial charge on any atom is -0.406 e. The van der Waals surface area contributed by atoms with E-state index >= 15 is 0 Å². The number of benzene rings is 1. The molecule has 0 aliphatic rings. The Bertz CT molecular complexity index is 509. The topological polar surface area (TPSA) is 64.4 Å². The minimum atomic E-state index is -4.72. The van der Waals surface area contributed by atoms with Crippen LogP contribution in [0.25, 0.3) is 0 Å². The van der Waals surface area contributed by atoms with Crippen molar-refractivity contribution in [3.05, 3.63) is 29.8 Å². The predicted molar refractivity (Wildman–Crippen MR) is 89.0 cm³/mol. The van der Waals surface area contributed by atoms with Crippen LogP contribution in [0, 0.1) is 5.41 Å². The summed E-state index contributed by atoms with van der Waals surface area (Å²) in [4.78, 5) is 12.4. The molecule has 1 atom stereocenters. The van der Waals surface area contributed by atoms with Gasteiger partial charge in [0, 0.05) is 6.54 Å². The fourth-order valence-corrected chi connectivity index (χ4v) is 2.34. The van der Waals surface area contributed by atoms with Crippen LogP contribution in [0.2, 0.25) is 0 Å². The smallest absolute Gasteiger partial charge is 0.406 e. The van der Waals surface area contributed by atoms with Crippen molar-refractivity contribution in [1.82, 2.24) is 5.32 Å². The van der Waals surface area contributed by atoms with Gasteiger partial charge >= 0.3 is 6.36 Å². The van der Waals surface area contributed by atoms with E-state index in [9.17, 15) is 18.0 Å². The summed E-state index contributed by atoms with van der Waals surface area (Å²) in [5.74, 6) is -0.439. The number of hydrogen-bond acceptors (Lipinski definition) is 3. The van der Waals surface area contributed by atoms with Crippen molar-refractivity contribution in [2.75, 3.05) is 6.54 Å². The summed E-state index contributed by atoms with van der Waals surface area (Å²) in [5.41, 5.74) is 5.81. The van der Waals surface area contributed by atoms with Gasteiger partial charge in [-0.25, -0.2) is 0 Å². The molecule has 1 aromatic rings. The van der Waals surface area contributed by atoms with Gasteiger partial charge < -0.3 is 15.8 Å². The van der Waals surface area contributed by atoms with Gasteiger partial charge in [0.25, 0.3) is 0 Å². The maximum Gasteiger partial charge on any atom is 0.573 e. The molecule has 0 bridgehead atoms. The van der Waals surface area contributed by atoms with Crippen molar-refractivity contribution in [1.29, 1.82) is 0 Å². The van der Waals surface area contributed by atoms with Crippen molar-refractivity contribution < 1.29 is 22.7 Å². The first-order chi connectivity index (χ1) is 10.7. The molecule has 24 heavy (non-hydrogen) atoms. The number of hydrogen-bond donors (Lipinski definition) is 2. The Hall–Kier alpha value is -1.47. The number of nitrogens with two attached hydrogens (primary N) is 1. The number of ether oxygens (including phenoxy) is 1. The predicted octanol–water partition coefficient (Wildman–Crippen LogP) is 3.95.